The molecule has 4 nitrogen and oxygen atoms in total. The monoisotopic (exact) mass is 413 g/mol. The molecule has 1 aliphatic heterocycles. The van der Waals surface area contributed by atoms with Gasteiger partial charge in [0.1, 0.15) is 0 Å². The largest absolute Gasteiger partial charge is 0.348 e. The Morgan fingerprint density at radius 1 is 1.00 bits per heavy atom. The van der Waals surface area contributed by atoms with Crippen molar-refractivity contribution in [3.63, 3.8) is 0 Å². The van der Waals surface area contributed by atoms with E-state index >= 15 is 0 Å². The number of likely N-dealkylation sites (tertiary alicyclic amines) is 1. The van der Waals surface area contributed by atoms with Crippen molar-refractivity contribution < 1.29 is 4.79 Å². The number of nitrogens with zero attached hydrogens (tertiary/aromatic N) is 3. The van der Waals surface area contributed by atoms with Crippen LogP contribution in [0.5, 0.6) is 0 Å². The highest BCUT2D eigenvalue weighted by Crippen LogP contribution is 2.36. The van der Waals surface area contributed by atoms with E-state index in [0.29, 0.717) is 0 Å². The number of carbonyl (C=O) groups is 1. The van der Waals surface area contributed by atoms with Crippen molar-refractivity contribution in [3.8, 4) is 11.1 Å². The summed E-state index contributed by atoms with van der Waals surface area (Å²) in [4.78, 5) is 21.8. The number of aromatic nitrogens is 1. The van der Waals surface area contributed by atoms with Gasteiger partial charge in [0.15, 0.2) is 0 Å². The summed E-state index contributed by atoms with van der Waals surface area (Å²) in [7, 11) is 3.76. The second kappa shape index (κ2) is 9.44. The van der Waals surface area contributed by atoms with Crippen molar-refractivity contribution in [1.82, 2.24) is 14.8 Å². The van der Waals surface area contributed by atoms with E-state index < -0.39 is 0 Å². The van der Waals surface area contributed by atoms with Crippen molar-refractivity contribution in [2.45, 2.75) is 19.3 Å². The molecule has 1 aliphatic rings. The van der Waals surface area contributed by atoms with Crippen LogP contribution in [-0.4, -0.2) is 54.4 Å². The fourth-order valence-corrected chi connectivity index (χ4v) is 4.73. The topological polar surface area (TPSA) is 36.4 Å². The third-order valence-electron chi connectivity index (χ3n) is 6.32. The van der Waals surface area contributed by atoms with Crippen LogP contribution in [0.2, 0.25) is 0 Å². The Balaban J connectivity index is 1.52. The number of carbonyl (C=O) groups excluding carboxylic acids is 1. The minimum Gasteiger partial charge on any atom is -0.348 e. The van der Waals surface area contributed by atoms with Crippen LogP contribution < -0.4 is 0 Å². The van der Waals surface area contributed by atoms with Gasteiger partial charge in [-0.05, 0) is 54.1 Å². The summed E-state index contributed by atoms with van der Waals surface area (Å²) in [5, 5.41) is 0. The lowest BCUT2D eigenvalue weighted by Gasteiger charge is -2.31. The standard InChI is InChI=1S/C27H31N3O/c1-29(2)26(31)27(14-17-30(21-27)16-13-22-8-4-3-5-9-22)19-23-10-6-11-24(18-23)25-12-7-15-28-20-25/h3-12,15,18,20H,13-14,16-17,19,21H2,1-2H3. The molecule has 0 spiro atoms. The highest BCUT2D eigenvalue weighted by atomic mass is 16.2. The van der Waals surface area contributed by atoms with E-state index in [-0.39, 0.29) is 11.3 Å². The number of pyridine rings is 1. The molecule has 1 amide bonds. The van der Waals surface area contributed by atoms with Crippen molar-refractivity contribution in [2.24, 2.45) is 5.41 Å². The predicted molar refractivity (Wildman–Crippen MR) is 126 cm³/mol. The van der Waals surface area contributed by atoms with Gasteiger partial charge in [-0.15, -0.1) is 0 Å². The lowest BCUT2D eigenvalue weighted by molar-refractivity contribution is -0.138. The first-order chi connectivity index (χ1) is 15.1. The normalized spacial score (nSPS) is 18.8. The first-order valence-electron chi connectivity index (χ1n) is 11.0. The van der Waals surface area contributed by atoms with Gasteiger partial charge in [-0.1, -0.05) is 60.7 Å². The molecule has 4 heteroatoms. The number of hydrogen-bond acceptors (Lipinski definition) is 3. The third kappa shape index (κ3) is 5.02. The van der Waals surface area contributed by atoms with Crippen molar-refractivity contribution >= 4 is 5.91 Å². The van der Waals surface area contributed by atoms with Gasteiger partial charge in [0, 0.05) is 39.6 Å². The van der Waals surface area contributed by atoms with E-state index in [2.05, 4.69) is 70.5 Å². The number of amides is 1. The SMILES string of the molecule is CN(C)C(=O)C1(Cc2cccc(-c3cccnc3)c2)CCN(CCc2ccccc2)C1. The molecule has 31 heavy (non-hydrogen) atoms. The van der Waals surface area contributed by atoms with Crippen LogP contribution in [0, 0.1) is 5.41 Å². The zero-order valence-corrected chi connectivity index (χ0v) is 18.5. The number of benzene rings is 2. The number of hydrogen-bond donors (Lipinski definition) is 0. The Labute approximate surface area is 185 Å². The average Bonchev–Trinajstić information content (AvgIpc) is 3.22. The third-order valence-corrected chi connectivity index (χ3v) is 6.32. The Morgan fingerprint density at radius 3 is 2.52 bits per heavy atom. The lowest BCUT2D eigenvalue weighted by Crippen LogP contribution is -2.44. The maximum Gasteiger partial charge on any atom is 0.229 e. The van der Waals surface area contributed by atoms with Crippen LogP contribution in [0.3, 0.4) is 0 Å². The quantitative estimate of drug-likeness (QED) is 0.579. The van der Waals surface area contributed by atoms with E-state index in [4.69, 9.17) is 0 Å². The predicted octanol–water partition coefficient (Wildman–Crippen LogP) is 4.31. The average molecular weight is 414 g/mol. The van der Waals surface area contributed by atoms with Crippen molar-refractivity contribution in [3.05, 3.63) is 90.3 Å². The Bertz CT molecular complexity index is 1000. The van der Waals surface area contributed by atoms with E-state index in [1.807, 2.05) is 26.4 Å². The van der Waals surface area contributed by atoms with Gasteiger partial charge in [0.25, 0.3) is 0 Å². The molecule has 0 aliphatic carbocycles. The fraction of sp³-hybridized carbons (Fsp3) is 0.333. The Morgan fingerprint density at radius 2 is 1.77 bits per heavy atom. The van der Waals surface area contributed by atoms with Crippen molar-refractivity contribution in [1.29, 1.82) is 0 Å². The molecular weight excluding hydrogens is 382 g/mol. The molecule has 160 valence electrons. The summed E-state index contributed by atoms with van der Waals surface area (Å²) >= 11 is 0. The molecule has 2 aromatic carbocycles. The van der Waals surface area contributed by atoms with Crippen LogP contribution in [0.4, 0.5) is 0 Å². The molecule has 0 N–H and O–H groups in total. The highest BCUT2D eigenvalue weighted by molar-refractivity contribution is 5.83. The molecule has 3 aromatic rings. The first kappa shape index (κ1) is 21.3. The van der Waals surface area contributed by atoms with Crippen LogP contribution in [0.15, 0.2) is 79.1 Å². The Hall–Kier alpha value is -2.98. The maximum absolute atomic E-state index is 13.3. The van der Waals surface area contributed by atoms with Crippen molar-refractivity contribution in [2.75, 3.05) is 33.7 Å². The minimum absolute atomic E-state index is 0.237. The van der Waals surface area contributed by atoms with E-state index in [1.165, 1.54) is 11.1 Å². The summed E-state index contributed by atoms with van der Waals surface area (Å²) in [5.41, 5.74) is 4.45. The summed E-state index contributed by atoms with van der Waals surface area (Å²) in [6.07, 6.45) is 6.36. The molecule has 0 radical (unpaired) electrons. The summed E-state index contributed by atoms with van der Waals surface area (Å²) in [5.74, 6) is 0.237. The van der Waals surface area contributed by atoms with Gasteiger partial charge in [-0.25, -0.2) is 0 Å². The van der Waals surface area contributed by atoms with E-state index in [1.54, 1.807) is 11.1 Å². The molecule has 0 saturated carbocycles. The van der Waals surface area contributed by atoms with E-state index in [0.717, 1.165) is 50.0 Å². The highest BCUT2D eigenvalue weighted by Gasteiger charge is 2.45. The van der Waals surface area contributed by atoms with Gasteiger partial charge in [-0.2, -0.15) is 0 Å². The van der Waals surface area contributed by atoms with Gasteiger partial charge >= 0.3 is 0 Å². The smallest absolute Gasteiger partial charge is 0.229 e. The first-order valence-corrected chi connectivity index (χ1v) is 11.0. The van der Waals surface area contributed by atoms with Gasteiger partial charge in [-0.3, -0.25) is 9.78 Å². The summed E-state index contributed by atoms with van der Waals surface area (Å²) in [6.45, 7) is 2.77. The summed E-state index contributed by atoms with van der Waals surface area (Å²) < 4.78 is 0. The van der Waals surface area contributed by atoms with Gasteiger partial charge in [0.05, 0.1) is 5.41 Å². The molecule has 1 atom stereocenters. The van der Waals surface area contributed by atoms with Crippen LogP contribution in [-0.2, 0) is 17.6 Å². The molecule has 1 saturated heterocycles. The van der Waals surface area contributed by atoms with Crippen LogP contribution >= 0.6 is 0 Å². The van der Waals surface area contributed by atoms with E-state index in [9.17, 15) is 4.79 Å². The molecule has 2 heterocycles. The molecular formula is C27H31N3O. The minimum atomic E-state index is -0.367. The maximum atomic E-state index is 13.3. The summed E-state index contributed by atoms with van der Waals surface area (Å²) in [6, 6.07) is 23.2. The van der Waals surface area contributed by atoms with Gasteiger partial charge in [0.2, 0.25) is 5.91 Å². The molecule has 1 unspecified atom stereocenters. The van der Waals surface area contributed by atoms with Gasteiger partial charge < -0.3 is 9.80 Å². The second-order valence-electron chi connectivity index (χ2n) is 8.86. The van der Waals surface area contributed by atoms with Crippen LogP contribution in [0.25, 0.3) is 11.1 Å². The molecule has 1 aromatic heterocycles. The zero-order valence-electron chi connectivity index (χ0n) is 18.5. The Kier molecular flexibility index (Phi) is 6.47. The molecule has 0 bridgehead atoms. The fourth-order valence-electron chi connectivity index (χ4n) is 4.73. The lowest BCUT2D eigenvalue weighted by atomic mass is 9.79. The van der Waals surface area contributed by atoms with Crippen LogP contribution in [0.1, 0.15) is 17.5 Å². The second-order valence-corrected chi connectivity index (χ2v) is 8.86. The molecule has 4 rings (SSSR count). The molecule has 1 fully saturated rings. The zero-order chi connectivity index (χ0) is 21.7. The number of rotatable bonds is 7.